The van der Waals surface area contributed by atoms with Crippen molar-refractivity contribution in [3.05, 3.63) is 76.5 Å². The van der Waals surface area contributed by atoms with Gasteiger partial charge in [0.05, 0.1) is 16.8 Å². The normalized spacial score (nSPS) is 14.6. The summed E-state index contributed by atoms with van der Waals surface area (Å²) in [5.41, 5.74) is 0.586. The number of benzene rings is 2. The molecular weight excluding hydrogens is 435 g/mol. The molecule has 0 aliphatic heterocycles. The van der Waals surface area contributed by atoms with Gasteiger partial charge in [0.15, 0.2) is 5.78 Å². The molecule has 0 atom stereocenters. The largest absolute Gasteiger partial charge is 0.438 e. The maximum absolute atomic E-state index is 13.2. The Balaban J connectivity index is 1.60. The van der Waals surface area contributed by atoms with Gasteiger partial charge in [0.2, 0.25) is 5.88 Å². The number of amides is 1. The minimum absolute atomic E-state index is 0.0437. The third-order valence-electron chi connectivity index (χ3n) is 5.72. The molecule has 4 rings (SSSR count). The van der Waals surface area contributed by atoms with Crippen molar-refractivity contribution in [1.29, 1.82) is 0 Å². The van der Waals surface area contributed by atoms with Crippen LogP contribution < -0.4 is 10.1 Å². The Morgan fingerprint density at radius 2 is 1.79 bits per heavy atom. The molecule has 172 valence electrons. The first-order chi connectivity index (χ1) is 15.5. The molecule has 0 saturated heterocycles. The molecule has 0 bridgehead atoms. The van der Waals surface area contributed by atoms with Crippen molar-refractivity contribution in [3.63, 3.8) is 0 Å². The number of alkyl halides is 3. The fourth-order valence-electron chi connectivity index (χ4n) is 3.78. The third kappa shape index (κ3) is 4.48. The first-order valence-electron chi connectivity index (χ1n) is 10.3. The maximum Gasteiger partial charge on any atom is 0.416 e. The Morgan fingerprint density at radius 1 is 1.12 bits per heavy atom. The first-order valence-corrected chi connectivity index (χ1v) is 10.3. The summed E-state index contributed by atoms with van der Waals surface area (Å²) in [7, 11) is 1.56. The second-order valence-corrected chi connectivity index (χ2v) is 8.19. The van der Waals surface area contributed by atoms with Crippen molar-refractivity contribution in [2.45, 2.75) is 38.4 Å². The van der Waals surface area contributed by atoms with E-state index in [1.807, 2.05) is 12.1 Å². The highest BCUT2D eigenvalue weighted by Crippen LogP contribution is 2.46. The van der Waals surface area contributed by atoms with E-state index in [1.54, 1.807) is 26.1 Å². The Labute approximate surface area is 188 Å². The number of ketones is 1. The zero-order valence-corrected chi connectivity index (χ0v) is 18.3. The average Bonchev–Trinajstić information content (AvgIpc) is 3.47. The van der Waals surface area contributed by atoms with Crippen LogP contribution in [0.5, 0.6) is 11.6 Å². The fourth-order valence-corrected chi connectivity index (χ4v) is 3.78. The van der Waals surface area contributed by atoms with Crippen molar-refractivity contribution in [3.8, 4) is 11.6 Å². The SMILES string of the molecule is CC(=O)c1ccc(C2(NC(=O)c3c(C)nn(C)c3Oc3cccc(C(F)(F)F)c3)CC2)cc1. The third-order valence-corrected chi connectivity index (χ3v) is 5.72. The van der Waals surface area contributed by atoms with Crippen LogP contribution in [0.3, 0.4) is 0 Å². The van der Waals surface area contributed by atoms with Crippen LogP contribution in [-0.4, -0.2) is 21.5 Å². The summed E-state index contributed by atoms with van der Waals surface area (Å²) >= 11 is 0. The predicted molar refractivity (Wildman–Crippen MR) is 114 cm³/mol. The number of ether oxygens (including phenoxy) is 1. The minimum Gasteiger partial charge on any atom is -0.438 e. The smallest absolute Gasteiger partial charge is 0.416 e. The number of carbonyl (C=O) groups is 2. The van der Waals surface area contributed by atoms with Gasteiger partial charge in [-0.25, -0.2) is 4.68 Å². The van der Waals surface area contributed by atoms with Gasteiger partial charge in [0, 0.05) is 12.6 Å². The molecule has 1 amide bonds. The van der Waals surface area contributed by atoms with Crippen LogP contribution in [0.2, 0.25) is 0 Å². The summed E-state index contributed by atoms with van der Waals surface area (Å²) < 4.78 is 46.2. The fraction of sp³-hybridized carbons (Fsp3) is 0.292. The van der Waals surface area contributed by atoms with E-state index in [-0.39, 0.29) is 23.0 Å². The van der Waals surface area contributed by atoms with E-state index >= 15 is 0 Å². The molecule has 3 aromatic rings. The van der Waals surface area contributed by atoms with E-state index < -0.39 is 23.2 Å². The van der Waals surface area contributed by atoms with Crippen LogP contribution >= 0.6 is 0 Å². The lowest BCUT2D eigenvalue weighted by atomic mass is 10.0. The van der Waals surface area contributed by atoms with Gasteiger partial charge < -0.3 is 10.1 Å². The van der Waals surface area contributed by atoms with Crippen LogP contribution in [0.4, 0.5) is 13.2 Å². The summed E-state index contributed by atoms with van der Waals surface area (Å²) in [4.78, 5) is 24.8. The van der Waals surface area contributed by atoms with Crippen LogP contribution in [0.1, 0.15) is 57.3 Å². The van der Waals surface area contributed by atoms with Crippen molar-refractivity contribution in [2.24, 2.45) is 7.05 Å². The molecule has 2 aromatic carbocycles. The zero-order chi connectivity index (χ0) is 24.0. The molecule has 1 fully saturated rings. The Bertz CT molecular complexity index is 1230. The molecular formula is C24H22F3N3O3. The van der Waals surface area contributed by atoms with Gasteiger partial charge in [-0.3, -0.25) is 9.59 Å². The van der Waals surface area contributed by atoms with Gasteiger partial charge >= 0.3 is 6.18 Å². The van der Waals surface area contributed by atoms with Crippen molar-refractivity contribution in [2.75, 3.05) is 0 Å². The quantitative estimate of drug-likeness (QED) is 0.519. The van der Waals surface area contributed by atoms with E-state index in [1.165, 1.54) is 23.7 Å². The minimum atomic E-state index is -4.52. The molecule has 0 unspecified atom stereocenters. The molecule has 0 radical (unpaired) electrons. The predicted octanol–water partition coefficient (Wildman–Crippen LogP) is 5.16. The molecule has 1 heterocycles. The summed E-state index contributed by atoms with van der Waals surface area (Å²) in [5, 5.41) is 7.25. The van der Waals surface area contributed by atoms with Gasteiger partial charge in [0.25, 0.3) is 5.91 Å². The van der Waals surface area contributed by atoms with Crippen LogP contribution in [0.25, 0.3) is 0 Å². The average molecular weight is 457 g/mol. The molecule has 1 aliphatic rings. The Kier molecular flexibility index (Phi) is 5.51. The number of Topliss-reactive ketones (excluding diaryl/α,β-unsaturated/α-hetero) is 1. The topological polar surface area (TPSA) is 73.2 Å². The number of hydrogen-bond donors (Lipinski definition) is 1. The van der Waals surface area contributed by atoms with Crippen molar-refractivity contribution >= 4 is 11.7 Å². The summed E-state index contributed by atoms with van der Waals surface area (Å²) in [6, 6.07) is 11.5. The highest BCUT2D eigenvalue weighted by atomic mass is 19.4. The summed E-state index contributed by atoms with van der Waals surface area (Å²) in [6.07, 6.45) is -3.07. The highest BCUT2D eigenvalue weighted by Gasteiger charge is 2.46. The zero-order valence-electron chi connectivity index (χ0n) is 18.3. The Hall–Kier alpha value is -3.62. The monoisotopic (exact) mass is 457 g/mol. The Morgan fingerprint density at radius 3 is 2.36 bits per heavy atom. The number of hydrogen-bond acceptors (Lipinski definition) is 4. The van der Waals surface area contributed by atoms with Gasteiger partial charge in [-0.2, -0.15) is 18.3 Å². The van der Waals surface area contributed by atoms with E-state index in [2.05, 4.69) is 10.4 Å². The molecule has 6 nitrogen and oxygen atoms in total. The first kappa shape index (κ1) is 22.6. The number of aryl methyl sites for hydroxylation is 2. The number of nitrogens with one attached hydrogen (secondary N) is 1. The lowest BCUT2D eigenvalue weighted by Gasteiger charge is -2.19. The second kappa shape index (κ2) is 8.06. The molecule has 1 N–H and O–H groups in total. The summed E-state index contributed by atoms with van der Waals surface area (Å²) in [6.45, 7) is 3.12. The number of nitrogens with zero attached hydrogens (tertiary/aromatic N) is 2. The molecule has 9 heteroatoms. The van der Waals surface area contributed by atoms with Gasteiger partial charge in [-0.05, 0) is 50.5 Å². The van der Waals surface area contributed by atoms with E-state index in [0.29, 0.717) is 11.3 Å². The molecule has 0 spiro atoms. The van der Waals surface area contributed by atoms with Crippen molar-refractivity contribution in [1.82, 2.24) is 15.1 Å². The standard InChI is InChI=1S/C24H22F3N3O3/c1-14-20(21(32)28-23(11-12-23)17-9-7-16(8-10-17)15(2)31)22(30(3)29-14)33-19-6-4-5-18(13-19)24(25,26)27/h4-10,13H,11-12H2,1-3H3,(H,28,32). The van der Waals surface area contributed by atoms with Crippen LogP contribution in [0.15, 0.2) is 48.5 Å². The van der Waals surface area contributed by atoms with E-state index in [4.69, 9.17) is 4.74 Å². The molecule has 33 heavy (non-hydrogen) atoms. The maximum atomic E-state index is 13.2. The summed E-state index contributed by atoms with van der Waals surface area (Å²) in [5.74, 6) is -0.483. The second-order valence-electron chi connectivity index (χ2n) is 8.19. The molecule has 1 aliphatic carbocycles. The lowest BCUT2D eigenvalue weighted by Crippen LogP contribution is -2.35. The molecule has 1 saturated carbocycles. The number of aromatic nitrogens is 2. The van der Waals surface area contributed by atoms with Gasteiger partial charge in [-0.1, -0.05) is 30.3 Å². The van der Waals surface area contributed by atoms with E-state index in [0.717, 1.165) is 30.5 Å². The lowest BCUT2D eigenvalue weighted by molar-refractivity contribution is -0.137. The van der Waals surface area contributed by atoms with E-state index in [9.17, 15) is 22.8 Å². The van der Waals surface area contributed by atoms with Crippen LogP contribution in [-0.2, 0) is 18.8 Å². The highest BCUT2D eigenvalue weighted by molar-refractivity contribution is 5.98. The number of halogens is 3. The van der Waals surface area contributed by atoms with Gasteiger partial charge in [0.1, 0.15) is 11.3 Å². The van der Waals surface area contributed by atoms with Gasteiger partial charge in [-0.15, -0.1) is 0 Å². The molecule has 1 aromatic heterocycles. The van der Waals surface area contributed by atoms with Crippen molar-refractivity contribution < 1.29 is 27.5 Å². The number of rotatable bonds is 6. The number of carbonyl (C=O) groups excluding carboxylic acids is 2. The van der Waals surface area contributed by atoms with Crippen LogP contribution in [0, 0.1) is 6.92 Å².